The molecule has 1 saturated heterocycles. The van der Waals surface area contributed by atoms with Crippen molar-refractivity contribution in [1.82, 2.24) is 5.32 Å². The van der Waals surface area contributed by atoms with Crippen LogP contribution in [-0.2, 0) is 9.59 Å². The van der Waals surface area contributed by atoms with Crippen molar-refractivity contribution in [3.63, 3.8) is 0 Å². The molecule has 4 unspecified atom stereocenters. The lowest BCUT2D eigenvalue weighted by Gasteiger charge is -2.55. The van der Waals surface area contributed by atoms with Crippen molar-refractivity contribution >= 4 is 11.7 Å². The first kappa shape index (κ1) is 9.69. The van der Waals surface area contributed by atoms with E-state index in [9.17, 15) is 9.59 Å². The maximum atomic E-state index is 11.6. The van der Waals surface area contributed by atoms with Crippen LogP contribution >= 0.6 is 0 Å². The first-order valence-electron chi connectivity index (χ1n) is 5.31. The van der Waals surface area contributed by atoms with Gasteiger partial charge in [0.1, 0.15) is 5.78 Å². The Balaban J connectivity index is 2.24. The zero-order chi connectivity index (χ0) is 10.5. The summed E-state index contributed by atoms with van der Waals surface area (Å²) in [5, 5.41) is 3.02. The summed E-state index contributed by atoms with van der Waals surface area (Å²) in [6.07, 6.45) is 1.22. The van der Waals surface area contributed by atoms with E-state index in [0.717, 1.165) is 0 Å². The molecule has 0 aromatic rings. The Hall–Kier alpha value is -0.860. The third-order valence-corrected chi connectivity index (χ3v) is 4.28. The van der Waals surface area contributed by atoms with E-state index in [0.29, 0.717) is 24.5 Å². The predicted molar refractivity (Wildman–Crippen MR) is 52.6 cm³/mol. The SMILES string of the molecule is CC1C(=O)CC(C)C2(CC(=O)N2)C1C. The maximum absolute atomic E-state index is 11.6. The number of carbonyl (C=O) groups is 2. The summed E-state index contributed by atoms with van der Waals surface area (Å²) in [7, 11) is 0. The van der Waals surface area contributed by atoms with Crippen molar-refractivity contribution in [2.75, 3.05) is 0 Å². The van der Waals surface area contributed by atoms with Crippen LogP contribution in [0.5, 0.6) is 0 Å². The molecule has 0 radical (unpaired) electrons. The second kappa shape index (κ2) is 2.81. The number of β-lactam (4-membered cyclic amide) rings is 1. The molecule has 3 heteroatoms. The summed E-state index contributed by atoms with van der Waals surface area (Å²) in [6, 6.07) is 0. The average Bonchev–Trinajstić information content (AvgIpc) is 2.07. The maximum Gasteiger partial charge on any atom is 0.222 e. The molecular formula is C11H17NO2. The van der Waals surface area contributed by atoms with Crippen molar-refractivity contribution in [3.05, 3.63) is 0 Å². The van der Waals surface area contributed by atoms with Gasteiger partial charge in [0.05, 0.1) is 12.0 Å². The van der Waals surface area contributed by atoms with Gasteiger partial charge in [-0.1, -0.05) is 20.8 Å². The standard InChI is InChI=1S/C11H17NO2/c1-6-4-9(13)7(2)8(3)11(6)5-10(14)12-11/h6-8H,4-5H2,1-3H3,(H,12,14). The largest absolute Gasteiger partial charge is 0.349 e. The molecule has 2 aliphatic rings. The van der Waals surface area contributed by atoms with Crippen molar-refractivity contribution in [2.45, 2.75) is 39.2 Å². The van der Waals surface area contributed by atoms with E-state index >= 15 is 0 Å². The molecule has 1 spiro atoms. The molecule has 3 nitrogen and oxygen atoms in total. The van der Waals surface area contributed by atoms with E-state index in [1.807, 2.05) is 6.92 Å². The zero-order valence-corrected chi connectivity index (χ0v) is 8.96. The van der Waals surface area contributed by atoms with Crippen molar-refractivity contribution in [3.8, 4) is 0 Å². The van der Waals surface area contributed by atoms with E-state index in [1.54, 1.807) is 0 Å². The normalized spacial score (nSPS) is 47.5. The number of Topliss-reactive ketones (excluding diaryl/α,β-unsaturated/α-hetero) is 1. The molecular weight excluding hydrogens is 178 g/mol. The molecule has 4 atom stereocenters. The molecule has 1 saturated carbocycles. The summed E-state index contributed by atoms with van der Waals surface area (Å²) in [5.74, 6) is 1.13. The van der Waals surface area contributed by atoms with Gasteiger partial charge in [-0.15, -0.1) is 0 Å². The van der Waals surface area contributed by atoms with Crippen molar-refractivity contribution in [1.29, 1.82) is 0 Å². The molecule has 2 rings (SSSR count). The average molecular weight is 195 g/mol. The lowest BCUT2D eigenvalue weighted by atomic mass is 9.58. The number of amides is 1. The first-order valence-corrected chi connectivity index (χ1v) is 5.31. The fourth-order valence-electron chi connectivity index (χ4n) is 2.92. The molecule has 0 bridgehead atoms. The van der Waals surface area contributed by atoms with Gasteiger partial charge in [-0.3, -0.25) is 9.59 Å². The highest BCUT2D eigenvalue weighted by atomic mass is 16.2. The van der Waals surface area contributed by atoms with Gasteiger partial charge in [0, 0.05) is 12.3 Å². The van der Waals surface area contributed by atoms with Crippen molar-refractivity contribution < 1.29 is 9.59 Å². The summed E-state index contributed by atoms with van der Waals surface area (Å²) >= 11 is 0. The van der Waals surface area contributed by atoms with E-state index in [4.69, 9.17) is 0 Å². The quantitative estimate of drug-likeness (QED) is 0.589. The number of nitrogens with one attached hydrogen (secondary N) is 1. The third kappa shape index (κ3) is 1.04. The third-order valence-electron chi connectivity index (χ3n) is 4.28. The number of carbonyl (C=O) groups excluding carboxylic acids is 2. The minimum Gasteiger partial charge on any atom is -0.349 e. The molecule has 1 aliphatic heterocycles. The van der Waals surface area contributed by atoms with E-state index in [1.165, 1.54) is 0 Å². The molecule has 1 N–H and O–H groups in total. The van der Waals surface area contributed by atoms with Crippen LogP contribution in [0.3, 0.4) is 0 Å². The minimum atomic E-state index is -0.0790. The fourth-order valence-corrected chi connectivity index (χ4v) is 2.92. The molecule has 0 aromatic heterocycles. The Morgan fingerprint density at radius 2 is 1.86 bits per heavy atom. The Labute approximate surface area is 84.2 Å². The van der Waals surface area contributed by atoms with Crippen LogP contribution in [0.25, 0.3) is 0 Å². The summed E-state index contributed by atoms with van der Waals surface area (Å²) < 4.78 is 0. The highest BCUT2D eigenvalue weighted by Crippen LogP contribution is 2.45. The number of hydrogen-bond acceptors (Lipinski definition) is 2. The van der Waals surface area contributed by atoms with E-state index in [-0.39, 0.29) is 23.3 Å². The van der Waals surface area contributed by atoms with Gasteiger partial charge < -0.3 is 5.32 Å². The smallest absolute Gasteiger partial charge is 0.222 e. The fraction of sp³-hybridized carbons (Fsp3) is 0.818. The first-order chi connectivity index (χ1) is 6.47. The Morgan fingerprint density at radius 3 is 2.36 bits per heavy atom. The molecule has 1 amide bonds. The topological polar surface area (TPSA) is 46.2 Å². The summed E-state index contributed by atoms with van der Waals surface area (Å²) in [6.45, 7) is 6.13. The van der Waals surface area contributed by atoms with E-state index < -0.39 is 0 Å². The second-order valence-electron chi connectivity index (χ2n) is 4.91. The lowest BCUT2D eigenvalue weighted by Crippen LogP contribution is -2.71. The molecule has 1 heterocycles. The van der Waals surface area contributed by atoms with Crippen LogP contribution in [0.1, 0.15) is 33.6 Å². The molecule has 14 heavy (non-hydrogen) atoms. The van der Waals surface area contributed by atoms with E-state index in [2.05, 4.69) is 19.2 Å². The van der Waals surface area contributed by atoms with Gasteiger partial charge in [0.25, 0.3) is 0 Å². The Kier molecular flexibility index (Phi) is 1.95. The Bertz CT molecular complexity index is 290. The highest BCUT2D eigenvalue weighted by molar-refractivity contribution is 5.89. The highest BCUT2D eigenvalue weighted by Gasteiger charge is 2.56. The van der Waals surface area contributed by atoms with Gasteiger partial charge in [-0.2, -0.15) is 0 Å². The Morgan fingerprint density at radius 1 is 1.29 bits per heavy atom. The van der Waals surface area contributed by atoms with Gasteiger partial charge in [-0.05, 0) is 11.8 Å². The van der Waals surface area contributed by atoms with Crippen LogP contribution in [0.15, 0.2) is 0 Å². The lowest BCUT2D eigenvalue weighted by molar-refractivity contribution is -0.149. The van der Waals surface area contributed by atoms with Gasteiger partial charge in [0.15, 0.2) is 0 Å². The van der Waals surface area contributed by atoms with Crippen molar-refractivity contribution in [2.24, 2.45) is 17.8 Å². The number of hydrogen-bond donors (Lipinski definition) is 1. The molecule has 1 aliphatic carbocycles. The molecule has 2 fully saturated rings. The number of rotatable bonds is 0. The second-order valence-corrected chi connectivity index (χ2v) is 4.91. The molecule has 0 aromatic carbocycles. The number of ketones is 1. The van der Waals surface area contributed by atoms with Crippen LogP contribution in [0.2, 0.25) is 0 Å². The molecule has 78 valence electrons. The van der Waals surface area contributed by atoms with Gasteiger partial charge in [0.2, 0.25) is 5.91 Å². The summed E-state index contributed by atoms with van der Waals surface area (Å²) in [4.78, 5) is 22.7. The minimum absolute atomic E-state index is 0.0790. The van der Waals surface area contributed by atoms with Gasteiger partial charge >= 0.3 is 0 Å². The monoisotopic (exact) mass is 195 g/mol. The van der Waals surface area contributed by atoms with Gasteiger partial charge in [-0.25, -0.2) is 0 Å². The van der Waals surface area contributed by atoms with Crippen LogP contribution < -0.4 is 5.32 Å². The van der Waals surface area contributed by atoms with Crippen LogP contribution in [0, 0.1) is 17.8 Å². The zero-order valence-electron chi connectivity index (χ0n) is 8.96. The summed E-state index contributed by atoms with van der Waals surface area (Å²) in [5.41, 5.74) is -0.0790. The van der Waals surface area contributed by atoms with Crippen LogP contribution in [-0.4, -0.2) is 17.2 Å². The predicted octanol–water partition coefficient (Wildman–Crippen LogP) is 1.13. The van der Waals surface area contributed by atoms with Crippen LogP contribution in [0.4, 0.5) is 0 Å².